The lowest BCUT2D eigenvalue weighted by atomic mass is 10.0. The Bertz CT molecular complexity index is 1780. The molecule has 2 N–H and O–H groups in total. The first-order chi connectivity index (χ1) is 22.4. The third-order valence-electron chi connectivity index (χ3n) is 8.62. The van der Waals surface area contributed by atoms with Gasteiger partial charge in [-0.3, -0.25) is 9.69 Å². The Morgan fingerprint density at radius 1 is 1.24 bits per heavy atom. The maximum atomic E-state index is 15.6. The first-order valence-electron chi connectivity index (χ1n) is 15.6. The van der Waals surface area contributed by atoms with Crippen molar-refractivity contribution in [3.8, 4) is 28.8 Å². The number of likely N-dealkylation sites (N-methyl/N-ethyl adjacent to an activating group) is 1. The van der Waals surface area contributed by atoms with Crippen LogP contribution in [0.1, 0.15) is 26.7 Å². The fraction of sp³-hybridized carbons (Fsp3) is 0.382. The zero-order chi connectivity index (χ0) is 32.2. The molecule has 0 spiro atoms. The van der Waals surface area contributed by atoms with Crippen LogP contribution in [0.2, 0.25) is 0 Å². The van der Waals surface area contributed by atoms with E-state index in [1.165, 1.54) is 12.4 Å². The van der Waals surface area contributed by atoms with Crippen molar-refractivity contribution in [2.75, 3.05) is 38.6 Å². The van der Waals surface area contributed by atoms with E-state index in [9.17, 15) is 10.1 Å². The van der Waals surface area contributed by atoms with E-state index >= 15 is 4.39 Å². The molecule has 2 fully saturated rings. The van der Waals surface area contributed by atoms with Crippen molar-refractivity contribution in [2.45, 2.75) is 45.3 Å². The zero-order valence-electron chi connectivity index (χ0n) is 26.0. The lowest BCUT2D eigenvalue weighted by molar-refractivity contribution is -0.127. The normalized spacial score (nSPS) is 17.7. The number of ether oxygens (including phenoxy) is 2. The van der Waals surface area contributed by atoms with E-state index in [4.69, 9.17) is 20.3 Å². The molecule has 1 unspecified atom stereocenters. The predicted octanol–water partition coefficient (Wildman–Crippen LogP) is 4.80. The highest BCUT2D eigenvalue weighted by Crippen LogP contribution is 2.35. The third kappa shape index (κ3) is 6.42. The van der Waals surface area contributed by atoms with E-state index < -0.39 is 5.82 Å². The van der Waals surface area contributed by atoms with Crippen LogP contribution in [0.4, 0.5) is 10.2 Å². The lowest BCUT2D eigenvalue weighted by Crippen LogP contribution is -2.50. The molecule has 0 aliphatic carbocycles. The number of likely N-dealkylation sites (tertiary alicyclic amines) is 1. The maximum absolute atomic E-state index is 15.6. The molecule has 4 aromatic rings. The molecule has 0 saturated carbocycles. The van der Waals surface area contributed by atoms with E-state index in [1.807, 2.05) is 25.1 Å². The van der Waals surface area contributed by atoms with Crippen LogP contribution in [0, 0.1) is 23.1 Å². The summed E-state index contributed by atoms with van der Waals surface area (Å²) in [5.41, 5.74) is 7.39. The number of nitrogens with zero attached hydrogens (tertiary/aromatic N) is 7. The number of amides is 1. The molecule has 46 heavy (non-hydrogen) atoms. The predicted molar refractivity (Wildman–Crippen MR) is 171 cm³/mol. The van der Waals surface area contributed by atoms with Crippen molar-refractivity contribution in [3.63, 3.8) is 0 Å². The number of nitriles is 1. The number of rotatable bonds is 11. The van der Waals surface area contributed by atoms with E-state index in [0.29, 0.717) is 60.6 Å². The van der Waals surface area contributed by atoms with Gasteiger partial charge in [0.1, 0.15) is 46.8 Å². The summed E-state index contributed by atoms with van der Waals surface area (Å²) >= 11 is 0. The van der Waals surface area contributed by atoms with Gasteiger partial charge in [-0.25, -0.2) is 19.0 Å². The highest BCUT2D eigenvalue weighted by molar-refractivity contribution is 5.99. The number of carbonyl (C=O) groups excluding carboxylic acids is 1. The minimum absolute atomic E-state index is 0.0110. The molecule has 2 saturated heterocycles. The Kier molecular flexibility index (Phi) is 9.23. The highest BCUT2D eigenvalue weighted by Gasteiger charge is 2.33. The number of nitrogens with two attached hydrogens (primary N) is 1. The van der Waals surface area contributed by atoms with Crippen LogP contribution in [-0.2, 0) is 16.1 Å². The molecule has 2 aliphatic rings. The molecule has 4 heterocycles. The largest absolute Gasteiger partial charge is 0.457 e. The van der Waals surface area contributed by atoms with Gasteiger partial charge in [0, 0.05) is 24.7 Å². The molecular formula is C34H37FN8O3. The Morgan fingerprint density at radius 2 is 2.04 bits per heavy atom. The van der Waals surface area contributed by atoms with Crippen LogP contribution < -0.4 is 10.5 Å². The monoisotopic (exact) mass is 624 g/mol. The lowest BCUT2D eigenvalue weighted by Gasteiger charge is -2.37. The van der Waals surface area contributed by atoms with Crippen molar-refractivity contribution in [1.29, 1.82) is 5.26 Å². The summed E-state index contributed by atoms with van der Waals surface area (Å²) in [4.78, 5) is 26.3. The smallest absolute Gasteiger partial charge is 0.264 e. The summed E-state index contributed by atoms with van der Waals surface area (Å²) in [7, 11) is 0. The van der Waals surface area contributed by atoms with Crippen LogP contribution in [0.3, 0.4) is 0 Å². The number of carbonyl (C=O) groups is 1. The average molecular weight is 625 g/mol. The molecule has 2 aromatic heterocycles. The van der Waals surface area contributed by atoms with Gasteiger partial charge < -0.3 is 20.1 Å². The summed E-state index contributed by atoms with van der Waals surface area (Å²) < 4.78 is 28.4. The minimum Gasteiger partial charge on any atom is -0.457 e. The van der Waals surface area contributed by atoms with Crippen molar-refractivity contribution in [3.05, 3.63) is 72.3 Å². The number of benzene rings is 2. The molecule has 6 rings (SSSR count). The van der Waals surface area contributed by atoms with Crippen molar-refractivity contribution < 1.29 is 18.7 Å². The quantitative estimate of drug-likeness (QED) is 0.184. The van der Waals surface area contributed by atoms with Gasteiger partial charge in [0.05, 0.1) is 37.2 Å². The maximum Gasteiger partial charge on any atom is 0.264 e. The molecule has 2 aromatic carbocycles. The zero-order valence-corrected chi connectivity index (χ0v) is 26.0. The van der Waals surface area contributed by atoms with E-state index in [2.05, 4.69) is 27.9 Å². The van der Waals surface area contributed by atoms with Gasteiger partial charge >= 0.3 is 0 Å². The van der Waals surface area contributed by atoms with Crippen LogP contribution >= 0.6 is 0 Å². The number of hydrogen-bond donors (Lipinski definition) is 1. The van der Waals surface area contributed by atoms with Gasteiger partial charge in [-0.2, -0.15) is 10.4 Å². The first kappa shape index (κ1) is 31.1. The number of nitrogen functional groups attached to an aromatic ring is 1. The molecule has 2 atom stereocenters. The summed E-state index contributed by atoms with van der Waals surface area (Å²) in [5, 5.41) is 15.2. The number of hydrogen-bond acceptors (Lipinski definition) is 9. The molecule has 11 nitrogen and oxygen atoms in total. The Hall–Kier alpha value is -4.86. The van der Waals surface area contributed by atoms with Gasteiger partial charge in [0.25, 0.3) is 5.91 Å². The van der Waals surface area contributed by atoms with Crippen molar-refractivity contribution >= 4 is 22.8 Å². The van der Waals surface area contributed by atoms with E-state index in [0.717, 1.165) is 25.9 Å². The minimum atomic E-state index is -0.537. The number of aromatic nitrogens is 4. The Labute approximate surface area is 267 Å². The second-order valence-corrected chi connectivity index (χ2v) is 11.8. The molecule has 1 amide bonds. The molecule has 2 aliphatic heterocycles. The topological polar surface area (TPSA) is 135 Å². The van der Waals surface area contributed by atoms with Crippen LogP contribution in [0.25, 0.3) is 22.3 Å². The first-order valence-corrected chi connectivity index (χ1v) is 15.6. The Balaban J connectivity index is 1.23. The number of para-hydroxylation sites is 1. The number of fused-ring (bicyclic) bond motifs is 1. The Morgan fingerprint density at radius 3 is 2.74 bits per heavy atom. The average Bonchev–Trinajstić information content (AvgIpc) is 3.64. The fourth-order valence-electron chi connectivity index (χ4n) is 6.20. The highest BCUT2D eigenvalue weighted by atomic mass is 19.1. The van der Waals surface area contributed by atoms with Gasteiger partial charge in [-0.1, -0.05) is 38.1 Å². The standard InChI is InChI=1S/C34H37FN8O3/c1-3-41(25-19-45-20-25)17-22(2)14-23(16-36)34(44)42-13-7-8-24(42)18-43-33-30(32(37)38-21-39-33)31(40-43)28-12-11-27(15-29(28)35)46-26-9-5-4-6-10-26/h4-6,9-12,14-15,21-22,24-25H,3,7-8,13,17-20H2,1-2H3,(H2,37,38,39)/t22-,24?/m0/s1. The van der Waals surface area contributed by atoms with Crippen LogP contribution in [-0.4, -0.2) is 80.4 Å². The van der Waals surface area contributed by atoms with E-state index in [1.54, 1.807) is 39.9 Å². The second-order valence-electron chi connectivity index (χ2n) is 11.8. The van der Waals surface area contributed by atoms with Crippen molar-refractivity contribution in [2.24, 2.45) is 5.92 Å². The third-order valence-corrected chi connectivity index (χ3v) is 8.62. The van der Waals surface area contributed by atoms with Gasteiger partial charge in [-0.05, 0) is 49.6 Å². The summed E-state index contributed by atoms with van der Waals surface area (Å²) in [6.07, 6.45) is 4.64. The second kappa shape index (κ2) is 13.6. The summed E-state index contributed by atoms with van der Waals surface area (Å²) in [5.74, 6) is 0.289. The molecule has 0 radical (unpaired) electrons. The van der Waals surface area contributed by atoms with Crippen LogP contribution in [0.15, 0.2) is 66.5 Å². The fourth-order valence-corrected chi connectivity index (χ4v) is 6.20. The molecule has 238 valence electrons. The van der Waals surface area contributed by atoms with Crippen LogP contribution in [0.5, 0.6) is 11.5 Å². The number of halogens is 1. The summed E-state index contributed by atoms with van der Waals surface area (Å²) in [6.45, 7) is 8.00. The van der Waals surface area contributed by atoms with E-state index in [-0.39, 0.29) is 34.8 Å². The van der Waals surface area contributed by atoms with Gasteiger partial charge in [0.2, 0.25) is 0 Å². The van der Waals surface area contributed by atoms with Crippen molar-refractivity contribution in [1.82, 2.24) is 29.5 Å². The molecule has 0 bridgehead atoms. The summed E-state index contributed by atoms with van der Waals surface area (Å²) in [6, 6.07) is 16.0. The van der Waals surface area contributed by atoms with Gasteiger partial charge in [-0.15, -0.1) is 0 Å². The number of anilines is 1. The molecule has 12 heteroatoms. The van der Waals surface area contributed by atoms with Gasteiger partial charge in [0.15, 0.2) is 5.65 Å². The SMILES string of the molecule is CCN(C[C@@H](C)C=C(C#N)C(=O)N1CCCC1Cn1nc(-c2ccc(Oc3ccccc3)cc2F)c2c(N)ncnc21)C1COC1. The molecular weight excluding hydrogens is 587 g/mol.